The van der Waals surface area contributed by atoms with Gasteiger partial charge in [0.05, 0.1) is 12.4 Å². The fraction of sp³-hybridized carbons (Fsp3) is 0.750. The Hall–Kier alpha value is -0.550. The summed E-state index contributed by atoms with van der Waals surface area (Å²) in [5.41, 5.74) is 0. The molecule has 2 saturated heterocycles. The van der Waals surface area contributed by atoms with E-state index >= 15 is 0 Å². The van der Waals surface area contributed by atoms with Crippen molar-refractivity contribution >= 4 is 22.9 Å². The standard InChI is InChI=1S/C8H11NO3S/c10-7-5-13-8(11)9(7)3-6-1-2-12-4-6/h6H,1-5H2. The summed E-state index contributed by atoms with van der Waals surface area (Å²) in [6, 6.07) is 0. The lowest BCUT2D eigenvalue weighted by atomic mass is 10.1. The van der Waals surface area contributed by atoms with Gasteiger partial charge in [-0.2, -0.15) is 0 Å². The summed E-state index contributed by atoms with van der Waals surface area (Å²) in [5, 5.41) is -0.100. The van der Waals surface area contributed by atoms with Gasteiger partial charge in [-0.25, -0.2) is 0 Å². The third-order valence-corrected chi connectivity index (χ3v) is 3.16. The maximum Gasteiger partial charge on any atom is 0.288 e. The first-order valence-corrected chi connectivity index (χ1v) is 5.31. The molecule has 2 fully saturated rings. The van der Waals surface area contributed by atoms with E-state index in [1.54, 1.807) is 0 Å². The van der Waals surface area contributed by atoms with Crippen molar-refractivity contribution < 1.29 is 14.3 Å². The lowest BCUT2D eigenvalue weighted by molar-refractivity contribution is -0.125. The van der Waals surface area contributed by atoms with Crippen LogP contribution in [-0.4, -0.2) is 41.6 Å². The van der Waals surface area contributed by atoms with E-state index in [0.29, 0.717) is 24.8 Å². The van der Waals surface area contributed by atoms with Gasteiger partial charge in [0, 0.05) is 19.1 Å². The van der Waals surface area contributed by atoms with Crippen molar-refractivity contribution in [2.24, 2.45) is 5.92 Å². The predicted octanol–water partition coefficient (Wildman–Crippen LogP) is 0.718. The van der Waals surface area contributed by atoms with Gasteiger partial charge in [0.25, 0.3) is 5.24 Å². The van der Waals surface area contributed by atoms with Gasteiger partial charge in [0.15, 0.2) is 0 Å². The van der Waals surface area contributed by atoms with E-state index in [-0.39, 0.29) is 11.1 Å². The van der Waals surface area contributed by atoms with E-state index in [1.165, 1.54) is 4.90 Å². The molecule has 0 radical (unpaired) electrons. The minimum Gasteiger partial charge on any atom is -0.381 e. The normalized spacial score (nSPS) is 28.9. The monoisotopic (exact) mass is 201 g/mol. The highest BCUT2D eigenvalue weighted by atomic mass is 32.2. The molecule has 2 amide bonds. The number of thioether (sulfide) groups is 1. The number of carbonyl (C=O) groups is 2. The van der Waals surface area contributed by atoms with Gasteiger partial charge >= 0.3 is 0 Å². The van der Waals surface area contributed by atoms with Crippen LogP contribution in [-0.2, 0) is 9.53 Å². The molecule has 2 aliphatic heterocycles. The van der Waals surface area contributed by atoms with Crippen molar-refractivity contribution in [3.05, 3.63) is 0 Å². The molecule has 0 aliphatic carbocycles. The second-order valence-electron chi connectivity index (χ2n) is 3.29. The van der Waals surface area contributed by atoms with Crippen molar-refractivity contribution in [1.82, 2.24) is 4.90 Å². The van der Waals surface area contributed by atoms with E-state index in [9.17, 15) is 9.59 Å². The smallest absolute Gasteiger partial charge is 0.288 e. The molecule has 2 aliphatic rings. The Balaban J connectivity index is 1.92. The van der Waals surface area contributed by atoms with Crippen LogP contribution in [0.5, 0.6) is 0 Å². The Bertz CT molecular complexity index is 222. The maximum absolute atomic E-state index is 11.2. The zero-order valence-electron chi connectivity index (χ0n) is 7.19. The van der Waals surface area contributed by atoms with Crippen LogP contribution in [0.4, 0.5) is 4.79 Å². The number of nitrogens with zero attached hydrogens (tertiary/aromatic N) is 1. The molecule has 0 bridgehead atoms. The summed E-state index contributed by atoms with van der Waals surface area (Å²) in [5.74, 6) is 0.611. The summed E-state index contributed by atoms with van der Waals surface area (Å²) in [7, 11) is 0. The average Bonchev–Trinajstić information content (AvgIpc) is 2.70. The minimum atomic E-state index is -0.100. The summed E-state index contributed by atoms with van der Waals surface area (Å²) in [4.78, 5) is 23.8. The first kappa shape index (κ1) is 9.02. The average molecular weight is 201 g/mol. The van der Waals surface area contributed by atoms with Crippen LogP contribution in [0.2, 0.25) is 0 Å². The Labute approximate surface area is 80.6 Å². The van der Waals surface area contributed by atoms with Crippen molar-refractivity contribution in [1.29, 1.82) is 0 Å². The maximum atomic E-state index is 11.2. The molecule has 4 nitrogen and oxygen atoms in total. The first-order chi connectivity index (χ1) is 6.27. The number of hydrogen-bond donors (Lipinski definition) is 0. The second kappa shape index (κ2) is 3.67. The molecule has 0 saturated carbocycles. The molecule has 1 unspecified atom stereocenters. The first-order valence-electron chi connectivity index (χ1n) is 4.32. The fourth-order valence-corrected chi connectivity index (χ4v) is 2.28. The Morgan fingerprint density at radius 1 is 1.54 bits per heavy atom. The van der Waals surface area contributed by atoms with Crippen LogP contribution in [0, 0.1) is 5.92 Å². The van der Waals surface area contributed by atoms with E-state index in [4.69, 9.17) is 4.74 Å². The predicted molar refractivity (Wildman–Crippen MR) is 48.5 cm³/mol. The number of ether oxygens (including phenoxy) is 1. The van der Waals surface area contributed by atoms with Crippen LogP contribution in [0.25, 0.3) is 0 Å². The number of imide groups is 1. The van der Waals surface area contributed by atoms with Gasteiger partial charge in [0.1, 0.15) is 0 Å². The van der Waals surface area contributed by atoms with Gasteiger partial charge in [-0.3, -0.25) is 14.5 Å². The van der Waals surface area contributed by atoms with Gasteiger partial charge < -0.3 is 4.74 Å². The molecule has 1 atom stereocenters. The molecule has 72 valence electrons. The Morgan fingerprint density at radius 2 is 2.38 bits per heavy atom. The largest absolute Gasteiger partial charge is 0.381 e. The number of carbonyl (C=O) groups excluding carboxylic acids is 2. The molecular formula is C8H11NO3S. The zero-order valence-corrected chi connectivity index (χ0v) is 8.01. The molecule has 0 aromatic heterocycles. The summed E-state index contributed by atoms with van der Waals surface area (Å²) in [6.45, 7) is 1.99. The lowest BCUT2D eigenvalue weighted by Crippen LogP contribution is -2.33. The molecule has 0 aromatic rings. The SMILES string of the molecule is O=C1CSC(=O)N1CC1CCOC1. The van der Waals surface area contributed by atoms with Crippen molar-refractivity contribution in [3.63, 3.8) is 0 Å². The van der Waals surface area contributed by atoms with Gasteiger partial charge in [-0.15, -0.1) is 0 Å². The number of amides is 2. The highest BCUT2D eigenvalue weighted by Crippen LogP contribution is 2.22. The Morgan fingerprint density at radius 3 is 2.92 bits per heavy atom. The number of hydrogen-bond acceptors (Lipinski definition) is 4. The molecule has 0 spiro atoms. The summed E-state index contributed by atoms with van der Waals surface area (Å²) >= 11 is 1.09. The molecule has 2 heterocycles. The van der Waals surface area contributed by atoms with E-state index < -0.39 is 0 Å². The highest BCUT2D eigenvalue weighted by molar-refractivity contribution is 8.14. The van der Waals surface area contributed by atoms with Crippen molar-refractivity contribution in [2.45, 2.75) is 6.42 Å². The molecule has 0 aromatic carbocycles. The summed E-state index contributed by atoms with van der Waals surface area (Å²) < 4.78 is 5.18. The van der Waals surface area contributed by atoms with Crippen molar-refractivity contribution in [2.75, 3.05) is 25.5 Å². The summed E-state index contributed by atoms with van der Waals surface area (Å²) in [6.07, 6.45) is 0.960. The minimum absolute atomic E-state index is 0.0538. The molecular weight excluding hydrogens is 190 g/mol. The molecule has 0 N–H and O–H groups in total. The van der Waals surface area contributed by atoms with Gasteiger partial charge in [-0.1, -0.05) is 11.8 Å². The molecule has 5 heteroatoms. The van der Waals surface area contributed by atoms with Gasteiger partial charge in [-0.05, 0) is 6.42 Å². The third kappa shape index (κ3) is 1.86. The lowest BCUT2D eigenvalue weighted by Gasteiger charge is -2.16. The molecule has 13 heavy (non-hydrogen) atoms. The molecule has 2 rings (SSSR count). The number of rotatable bonds is 2. The topological polar surface area (TPSA) is 46.6 Å². The van der Waals surface area contributed by atoms with Crippen LogP contribution < -0.4 is 0 Å². The van der Waals surface area contributed by atoms with Crippen LogP contribution in [0.1, 0.15) is 6.42 Å². The fourth-order valence-electron chi connectivity index (χ4n) is 1.54. The quantitative estimate of drug-likeness (QED) is 0.660. The zero-order chi connectivity index (χ0) is 9.26. The third-order valence-electron chi connectivity index (χ3n) is 2.31. The van der Waals surface area contributed by atoms with E-state index in [0.717, 1.165) is 24.8 Å². The van der Waals surface area contributed by atoms with Crippen LogP contribution in [0.15, 0.2) is 0 Å². The van der Waals surface area contributed by atoms with Crippen LogP contribution in [0.3, 0.4) is 0 Å². The highest BCUT2D eigenvalue weighted by Gasteiger charge is 2.32. The second-order valence-corrected chi connectivity index (χ2v) is 4.22. The van der Waals surface area contributed by atoms with E-state index in [1.807, 2.05) is 0 Å². The van der Waals surface area contributed by atoms with Gasteiger partial charge in [0.2, 0.25) is 5.91 Å². The van der Waals surface area contributed by atoms with E-state index in [2.05, 4.69) is 0 Å². The Kier molecular flexibility index (Phi) is 2.55. The van der Waals surface area contributed by atoms with Crippen LogP contribution >= 0.6 is 11.8 Å². The van der Waals surface area contributed by atoms with Crippen molar-refractivity contribution in [3.8, 4) is 0 Å².